The minimum Gasteiger partial charge on any atom is -0.368 e. The Balaban J connectivity index is 2.26. The molecule has 0 amide bonds. The van der Waals surface area contributed by atoms with E-state index in [1.165, 1.54) is 23.9 Å². The number of hydrogen-bond acceptors (Lipinski definition) is 4. The predicted octanol–water partition coefficient (Wildman–Crippen LogP) is 1.77. The van der Waals surface area contributed by atoms with Crippen molar-refractivity contribution < 1.29 is 4.39 Å². The first kappa shape index (κ1) is 10.9. The largest absolute Gasteiger partial charge is 0.368 e. The number of hydrogen-bond donors (Lipinski definition) is 1. The lowest BCUT2D eigenvalue weighted by Crippen LogP contribution is -2.05. The lowest BCUT2D eigenvalue weighted by molar-refractivity contribution is 0.625. The highest BCUT2D eigenvalue weighted by atomic mass is 32.2. The number of nitrogen functional groups attached to an aromatic ring is 1. The third kappa shape index (κ3) is 2.16. The monoisotopic (exact) mass is 238 g/mol. The molecule has 16 heavy (non-hydrogen) atoms. The lowest BCUT2D eigenvalue weighted by Gasteiger charge is -2.06. The lowest BCUT2D eigenvalue weighted by atomic mass is 10.2. The molecule has 1 aromatic carbocycles. The summed E-state index contributed by atoms with van der Waals surface area (Å²) in [6, 6.07) is 6.29. The van der Waals surface area contributed by atoms with Crippen molar-refractivity contribution in [3.05, 3.63) is 35.6 Å². The van der Waals surface area contributed by atoms with E-state index in [0.717, 1.165) is 10.7 Å². The molecule has 84 valence electrons. The minimum atomic E-state index is -0.245. The Morgan fingerprint density at radius 2 is 2.00 bits per heavy atom. The molecule has 0 saturated carbocycles. The van der Waals surface area contributed by atoms with Crippen molar-refractivity contribution in [3.63, 3.8) is 0 Å². The molecular formula is C10H11FN4S. The number of rotatable bonds is 3. The summed E-state index contributed by atoms with van der Waals surface area (Å²) >= 11 is 1.47. The average molecular weight is 238 g/mol. The van der Waals surface area contributed by atoms with Gasteiger partial charge in [0.25, 0.3) is 0 Å². The first-order chi connectivity index (χ1) is 7.70. The molecule has 0 fully saturated rings. The summed E-state index contributed by atoms with van der Waals surface area (Å²) in [6.45, 7) is 0.551. The van der Waals surface area contributed by atoms with E-state index in [-0.39, 0.29) is 5.82 Å². The van der Waals surface area contributed by atoms with Gasteiger partial charge in [0.15, 0.2) is 5.16 Å². The predicted molar refractivity (Wildman–Crippen MR) is 61.7 cm³/mol. The Kier molecular flexibility index (Phi) is 3.09. The Hall–Kier alpha value is -1.56. The molecule has 2 N–H and O–H groups in total. The molecule has 2 rings (SSSR count). The highest BCUT2D eigenvalue weighted by Gasteiger charge is 2.08. The van der Waals surface area contributed by atoms with Crippen LogP contribution in [0.15, 0.2) is 29.4 Å². The van der Waals surface area contributed by atoms with Crippen molar-refractivity contribution in [2.24, 2.45) is 0 Å². The summed E-state index contributed by atoms with van der Waals surface area (Å²) in [4.78, 5) is 0. The van der Waals surface area contributed by atoms with Crippen molar-refractivity contribution in [1.29, 1.82) is 0 Å². The van der Waals surface area contributed by atoms with Gasteiger partial charge in [0, 0.05) is 0 Å². The van der Waals surface area contributed by atoms with Crippen LogP contribution in [0.2, 0.25) is 0 Å². The fourth-order valence-electron chi connectivity index (χ4n) is 1.37. The average Bonchev–Trinajstić information content (AvgIpc) is 2.63. The van der Waals surface area contributed by atoms with Gasteiger partial charge in [-0.15, -0.1) is 10.2 Å². The molecular weight excluding hydrogens is 227 g/mol. The van der Waals surface area contributed by atoms with Crippen molar-refractivity contribution in [3.8, 4) is 0 Å². The van der Waals surface area contributed by atoms with Gasteiger partial charge in [-0.1, -0.05) is 23.9 Å². The quantitative estimate of drug-likeness (QED) is 0.828. The standard InChI is InChI=1S/C10H11FN4S/c1-16-10-14-13-9(12)15(10)6-7-2-4-8(11)5-3-7/h2-5H,6H2,1H3,(H2,12,13). The van der Waals surface area contributed by atoms with Crippen LogP contribution in [0.5, 0.6) is 0 Å². The zero-order valence-corrected chi connectivity index (χ0v) is 9.54. The zero-order chi connectivity index (χ0) is 11.5. The van der Waals surface area contributed by atoms with Crippen molar-refractivity contribution in [1.82, 2.24) is 14.8 Å². The van der Waals surface area contributed by atoms with Gasteiger partial charge in [0.2, 0.25) is 5.95 Å². The Morgan fingerprint density at radius 1 is 1.31 bits per heavy atom. The Bertz CT molecular complexity index is 480. The molecule has 0 aliphatic carbocycles. The van der Waals surface area contributed by atoms with Gasteiger partial charge in [-0.25, -0.2) is 4.39 Å². The summed E-state index contributed by atoms with van der Waals surface area (Å²) in [7, 11) is 0. The molecule has 4 nitrogen and oxygen atoms in total. The molecule has 0 aliphatic rings. The molecule has 1 heterocycles. The highest BCUT2D eigenvalue weighted by Crippen LogP contribution is 2.17. The van der Waals surface area contributed by atoms with Crippen LogP contribution in [0, 0.1) is 5.82 Å². The highest BCUT2D eigenvalue weighted by molar-refractivity contribution is 7.98. The number of thioether (sulfide) groups is 1. The molecule has 0 unspecified atom stereocenters. The summed E-state index contributed by atoms with van der Waals surface area (Å²) in [5, 5.41) is 8.47. The number of nitrogens with zero attached hydrogens (tertiary/aromatic N) is 3. The van der Waals surface area contributed by atoms with E-state index in [2.05, 4.69) is 10.2 Å². The topological polar surface area (TPSA) is 56.7 Å². The van der Waals surface area contributed by atoms with Gasteiger partial charge in [0.1, 0.15) is 5.82 Å². The van der Waals surface area contributed by atoms with E-state index in [1.807, 2.05) is 6.26 Å². The van der Waals surface area contributed by atoms with Gasteiger partial charge in [-0.05, 0) is 24.0 Å². The maximum absolute atomic E-state index is 12.7. The van der Waals surface area contributed by atoms with Crippen molar-refractivity contribution >= 4 is 17.7 Å². The molecule has 0 radical (unpaired) electrons. The number of benzene rings is 1. The van der Waals surface area contributed by atoms with Crippen LogP contribution >= 0.6 is 11.8 Å². The number of anilines is 1. The normalized spacial score (nSPS) is 10.6. The van der Waals surface area contributed by atoms with Crippen LogP contribution in [-0.2, 0) is 6.54 Å². The summed E-state index contributed by atoms with van der Waals surface area (Å²) in [5.41, 5.74) is 6.66. The van der Waals surface area contributed by atoms with Gasteiger partial charge in [-0.2, -0.15) is 0 Å². The molecule has 0 atom stereocenters. The molecule has 1 aromatic heterocycles. The Morgan fingerprint density at radius 3 is 2.62 bits per heavy atom. The first-order valence-corrected chi connectivity index (χ1v) is 5.90. The fraction of sp³-hybridized carbons (Fsp3) is 0.200. The van der Waals surface area contributed by atoms with E-state index >= 15 is 0 Å². The van der Waals surface area contributed by atoms with Crippen LogP contribution in [0.3, 0.4) is 0 Å². The third-order valence-electron chi connectivity index (χ3n) is 2.18. The number of aromatic nitrogens is 3. The second-order valence-electron chi connectivity index (χ2n) is 3.26. The number of nitrogens with two attached hydrogens (primary N) is 1. The summed E-state index contributed by atoms with van der Waals surface area (Å²) in [6.07, 6.45) is 1.91. The summed E-state index contributed by atoms with van der Waals surface area (Å²) < 4.78 is 14.5. The second kappa shape index (κ2) is 4.52. The fourth-order valence-corrected chi connectivity index (χ4v) is 1.87. The molecule has 0 bridgehead atoms. The van der Waals surface area contributed by atoms with Crippen LogP contribution in [0.4, 0.5) is 10.3 Å². The van der Waals surface area contributed by atoms with Gasteiger partial charge in [0.05, 0.1) is 6.54 Å². The van der Waals surface area contributed by atoms with Crippen LogP contribution in [0.25, 0.3) is 0 Å². The Labute approximate surface area is 96.7 Å². The van der Waals surface area contributed by atoms with Gasteiger partial charge < -0.3 is 5.73 Å². The zero-order valence-electron chi connectivity index (χ0n) is 8.72. The maximum atomic E-state index is 12.7. The smallest absolute Gasteiger partial charge is 0.222 e. The van der Waals surface area contributed by atoms with Crippen molar-refractivity contribution in [2.75, 3.05) is 12.0 Å². The SMILES string of the molecule is CSc1nnc(N)n1Cc1ccc(F)cc1. The molecule has 2 aromatic rings. The second-order valence-corrected chi connectivity index (χ2v) is 4.03. The first-order valence-electron chi connectivity index (χ1n) is 4.68. The van der Waals surface area contributed by atoms with E-state index in [1.54, 1.807) is 16.7 Å². The van der Waals surface area contributed by atoms with E-state index in [9.17, 15) is 4.39 Å². The molecule has 0 aliphatic heterocycles. The van der Waals surface area contributed by atoms with Crippen LogP contribution < -0.4 is 5.73 Å². The van der Waals surface area contributed by atoms with E-state index in [4.69, 9.17) is 5.73 Å². The molecule has 0 spiro atoms. The van der Waals surface area contributed by atoms with E-state index < -0.39 is 0 Å². The number of halogens is 1. The molecule has 6 heteroatoms. The minimum absolute atomic E-state index is 0.245. The van der Waals surface area contributed by atoms with E-state index in [0.29, 0.717) is 12.5 Å². The maximum Gasteiger partial charge on any atom is 0.222 e. The van der Waals surface area contributed by atoms with Crippen LogP contribution in [-0.4, -0.2) is 21.0 Å². The summed E-state index contributed by atoms with van der Waals surface area (Å²) in [5.74, 6) is 0.124. The van der Waals surface area contributed by atoms with Crippen LogP contribution in [0.1, 0.15) is 5.56 Å². The van der Waals surface area contributed by atoms with Gasteiger partial charge in [-0.3, -0.25) is 4.57 Å². The van der Waals surface area contributed by atoms with Gasteiger partial charge >= 0.3 is 0 Å². The molecule has 0 saturated heterocycles. The third-order valence-corrected chi connectivity index (χ3v) is 2.85. The van der Waals surface area contributed by atoms with Crippen molar-refractivity contribution in [2.45, 2.75) is 11.7 Å².